The second-order valence-corrected chi connectivity index (χ2v) is 9.45. The van der Waals surface area contributed by atoms with Gasteiger partial charge in [0, 0.05) is 62.8 Å². The number of carbonyl (C=O) groups excluding carboxylic acids is 2. The lowest BCUT2D eigenvalue weighted by Crippen LogP contribution is -2.60. The molecule has 0 bridgehead atoms. The van der Waals surface area contributed by atoms with E-state index in [1.165, 1.54) is 11.8 Å². The molecule has 0 aliphatic carbocycles. The van der Waals surface area contributed by atoms with Gasteiger partial charge in [0.1, 0.15) is 17.7 Å². The Labute approximate surface area is 192 Å². The maximum Gasteiger partial charge on any atom is 0.246 e. The standard InChI is InChI=1S/C22H31N7O2S/c1-3-4-17-13-25-22(32-17)27-19-5-8-24-20(26-19)16-6-10-28(11-7-16)21(31)18-14-23-9-12-29(18)15(2)30/h5,8,13,16,18,23H,3-4,6-7,9-12,14H2,1-2H3,(H,24,25,26,27). The summed E-state index contributed by atoms with van der Waals surface area (Å²) in [5, 5.41) is 7.37. The van der Waals surface area contributed by atoms with E-state index in [1.54, 1.807) is 22.4 Å². The van der Waals surface area contributed by atoms with Crippen molar-refractivity contribution in [3.63, 3.8) is 0 Å². The lowest BCUT2D eigenvalue weighted by Gasteiger charge is -2.39. The molecule has 1 unspecified atom stereocenters. The van der Waals surface area contributed by atoms with Gasteiger partial charge < -0.3 is 20.4 Å². The Balaban J connectivity index is 1.35. The van der Waals surface area contributed by atoms with Crippen molar-refractivity contribution in [2.24, 2.45) is 0 Å². The van der Waals surface area contributed by atoms with Crippen LogP contribution in [0.4, 0.5) is 10.9 Å². The number of likely N-dealkylation sites (tertiary alicyclic amines) is 1. The number of hydrogen-bond donors (Lipinski definition) is 2. The smallest absolute Gasteiger partial charge is 0.246 e. The zero-order valence-electron chi connectivity index (χ0n) is 18.7. The van der Waals surface area contributed by atoms with E-state index < -0.39 is 6.04 Å². The molecule has 0 saturated carbocycles. The molecule has 1 atom stereocenters. The molecule has 4 rings (SSSR count). The van der Waals surface area contributed by atoms with Gasteiger partial charge in [0.25, 0.3) is 0 Å². The van der Waals surface area contributed by atoms with Crippen molar-refractivity contribution in [2.75, 3.05) is 38.0 Å². The molecular weight excluding hydrogens is 426 g/mol. The van der Waals surface area contributed by atoms with Crippen molar-refractivity contribution in [1.29, 1.82) is 0 Å². The number of carbonyl (C=O) groups is 2. The Hall–Kier alpha value is -2.59. The Morgan fingerprint density at radius 3 is 2.81 bits per heavy atom. The van der Waals surface area contributed by atoms with Crippen molar-refractivity contribution in [2.45, 2.75) is 51.5 Å². The highest BCUT2D eigenvalue weighted by molar-refractivity contribution is 7.15. The van der Waals surface area contributed by atoms with Crippen molar-refractivity contribution >= 4 is 34.1 Å². The highest BCUT2D eigenvalue weighted by Gasteiger charge is 2.35. The highest BCUT2D eigenvalue weighted by Crippen LogP contribution is 2.28. The number of hydrogen-bond acceptors (Lipinski definition) is 8. The van der Waals surface area contributed by atoms with Crippen LogP contribution in [0, 0.1) is 0 Å². The molecule has 4 heterocycles. The fraction of sp³-hybridized carbons (Fsp3) is 0.591. The fourth-order valence-corrected chi connectivity index (χ4v) is 5.27. The van der Waals surface area contributed by atoms with Gasteiger partial charge in [-0.15, -0.1) is 11.3 Å². The lowest BCUT2D eigenvalue weighted by atomic mass is 9.95. The van der Waals surface area contributed by atoms with Gasteiger partial charge in [0.15, 0.2) is 5.13 Å². The first kappa shape index (κ1) is 22.6. The predicted molar refractivity (Wildman–Crippen MR) is 124 cm³/mol. The first-order valence-electron chi connectivity index (χ1n) is 11.4. The van der Waals surface area contributed by atoms with E-state index in [9.17, 15) is 9.59 Å². The van der Waals surface area contributed by atoms with Crippen LogP contribution in [0.25, 0.3) is 0 Å². The minimum Gasteiger partial charge on any atom is -0.341 e. The minimum absolute atomic E-state index is 0.0360. The van der Waals surface area contributed by atoms with Crippen LogP contribution >= 0.6 is 11.3 Å². The van der Waals surface area contributed by atoms with Crippen LogP contribution in [0.3, 0.4) is 0 Å². The van der Waals surface area contributed by atoms with Crippen LogP contribution in [0.15, 0.2) is 18.5 Å². The molecule has 2 amide bonds. The van der Waals surface area contributed by atoms with E-state index in [4.69, 9.17) is 4.98 Å². The molecule has 2 fully saturated rings. The molecule has 2 N–H and O–H groups in total. The quantitative estimate of drug-likeness (QED) is 0.685. The van der Waals surface area contributed by atoms with E-state index in [2.05, 4.69) is 27.5 Å². The Morgan fingerprint density at radius 2 is 2.06 bits per heavy atom. The molecule has 32 heavy (non-hydrogen) atoms. The number of aryl methyl sites for hydroxylation is 1. The van der Waals surface area contributed by atoms with Gasteiger partial charge in [-0.05, 0) is 25.3 Å². The molecule has 2 saturated heterocycles. The van der Waals surface area contributed by atoms with Gasteiger partial charge in [0.2, 0.25) is 11.8 Å². The van der Waals surface area contributed by atoms with Gasteiger partial charge in [0.05, 0.1) is 0 Å². The average molecular weight is 458 g/mol. The molecule has 2 aliphatic heterocycles. The molecule has 9 nitrogen and oxygen atoms in total. The highest BCUT2D eigenvalue weighted by atomic mass is 32.1. The monoisotopic (exact) mass is 457 g/mol. The van der Waals surface area contributed by atoms with Crippen LogP contribution in [0.5, 0.6) is 0 Å². The molecule has 10 heteroatoms. The van der Waals surface area contributed by atoms with Crippen LogP contribution in [-0.2, 0) is 16.0 Å². The van der Waals surface area contributed by atoms with Crippen molar-refractivity contribution < 1.29 is 9.59 Å². The van der Waals surface area contributed by atoms with E-state index in [0.717, 1.165) is 49.0 Å². The van der Waals surface area contributed by atoms with Gasteiger partial charge in [-0.2, -0.15) is 0 Å². The third-order valence-corrected chi connectivity index (χ3v) is 7.04. The first-order valence-corrected chi connectivity index (χ1v) is 12.2. The summed E-state index contributed by atoms with van der Waals surface area (Å²) in [6.45, 7) is 6.83. The van der Waals surface area contributed by atoms with Gasteiger partial charge >= 0.3 is 0 Å². The minimum atomic E-state index is -0.405. The fourth-order valence-electron chi connectivity index (χ4n) is 4.35. The summed E-state index contributed by atoms with van der Waals surface area (Å²) in [6, 6.07) is 1.45. The Morgan fingerprint density at radius 1 is 1.25 bits per heavy atom. The zero-order chi connectivity index (χ0) is 22.5. The summed E-state index contributed by atoms with van der Waals surface area (Å²) >= 11 is 1.65. The van der Waals surface area contributed by atoms with Gasteiger partial charge in [-0.1, -0.05) is 13.3 Å². The molecule has 0 spiro atoms. The summed E-state index contributed by atoms with van der Waals surface area (Å²) in [7, 11) is 0. The largest absolute Gasteiger partial charge is 0.341 e. The summed E-state index contributed by atoms with van der Waals surface area (Å²) in [6.07, 6.45) is 7.46. The van der Waals surface area contributed by atoms with Crippen LogP contribution in [0.1, 0.15) is 49.7 Å². The number of thiazole rings is 1. The number of amides is 2. The van der Waals surface area contributed by atoms with Crippen LogP contribution in [0.2, 0.25) is 0 Å². The predicted octanol–water partition coefficient (Wildman–Crippen LogP) is 2.16. The Bertz CT molecular complexity index is 942. The second kappa shape index (κ2) is 10.4. The van der Waals surface area contributed by atoms with Crippen molar-refractivity contribution in [1.82, 2.24) is 30.1 Å². The van der Waals surface area contributed by atoms with Crippen LogP contribution < -0.4 is 10.6 Å². The molecule has 2 aliphatic rings. The number of aromatic nitrogens is 3. The van der Waals surface area contributed by atoms with Gasteiger partial charge in [-0.25, -0.2) is 15.0 Å². The Kier molecular flexibility index (Phi) is 7.31. The lowest BCUT2D eigenvalue weighted by molar-refractivity contribution is -0.146. The molecule has 2 aromatic rings. The molecular formula is C22H31N7O2S. The summed E-state index contributed by atoms with van der Waals surface area (Å²) in [5.41, 5.74) is 0. The summed E-state index contributed by atoms with van der Waals surface area (Å²) in [5.74, 6) is 1.75. The summed E-state index contributed by atoms with van der Waals surface area (Å²) in [4.78, 5) is 43.5. The normalized spacial score (nSPS) is 19.8. The van der Waals surface area contributed by atoms with Crippen molar-refractivity contribution in [3.8, 4) is 0 Å². The maximum absolute atomic E-state index is 13.1. The maximum atomic E-state index is 13.1. The number of piperazine rings is 1. The number of nitrogens with one attached hydrogen (secondary N) is 2. The second-order valence-electron chi connectivity index (χ2n) is 8.34. The first-order chi connectivity index (χ1) is 15.5. The number of piperidine rings is 1. The van der Waals surface area contributed by atoms with Gasteiger partial charge in [-0.3, -0.25) is 9.59 Å². The zero-order valence-corrected chi connectivity index (χ0v) is 19.5. The van der Waals surface area contributed by atoms with E-state index in [0.29, 0.717) is 26.2 Å². The third kappa shape index (κ3) is 5.24. The average Bonchev–Trinajstić information content (AvgIpc) is 3.26. The van der Waals surface area contributed by atoms with E-state index in [-0.39, 0.29) is 17.7 Å². The van der Waals surface area contributed by atoms with E-state index in [1.807, 2.05) is 17.2 Å². The van der Waals surface area contributed by atoms with Crippen LogP contribution in [-0.4, -0.2) is 75.3 Å². The molecule has 172 valence electrons. The number of anilines is 2. The third-order valence-electron chi connectivity index (χ3n) is 6.06. The molecule has 2 aromatic heterocycles. The van der Waals surface area contributed by atoms with E-state index >= 15 is 0 Å². The number of nitrogens with zero attached hydrogens (tertiary/aromatic N) is 5. The molecule has 0 radical (unpaired) electrons. The summed E-state index contributed by atoms with van der Waals surface area (Å²) < 4.78 is 0. The SMILES string of the molecule is CCCc1cnc(Nc2ccnc(C3CCN(C(=O)C4CNCCN4C(C)=O)CC3)n2)s1. The number of rotatable bonds is 6. The topological polar surface area (TPSA) is 103 Å². The van der Waals surface area contributed by atoms with Crippen molar-refractivity contribution in [3.05, 3.63) is 29.2 Å². The molecule has 0 aromatic carbocycles.